The highest BCUT2D eigenvalue weighted by atomic mass is 35.5. The molecule has 3 rings (SSSR count). The van der Waals surface area contributed by atoms with Gasteiger partial charge in [-0.2, -0.15) is 5.10 Å². The van der Waals surface area contributed by atoms with E-state index in [1.807, 2.05) is 43.3 Å². The van der Waals surface area contributed by atoms with Crippen LogP contribution >= 0.6 is 23.2 Å². The fraction of sp³-hybridized carbons (Fsp3) is 0.294. The van der Waals surface area contributed by atoms with Crippen LogP contribution in [0.25, 0.3) is 0 Å². The van der Waals surface area contributed by atoms with Gasteiger partial charge in [-0.1, -0.05) is 42.3 Å². The van der Waals surface area contributed by atoms with Crippen molar-refractivity contribution < 1.29 is 4.79 Å². The smallest absolute Gasteiger partial charge is 0.310 e. The molecule has 2 aliphatic rings. The Labute approximate surface area is 145 Å². The van der Waals surface area contributed by atoms with Crippen molar-refractivity contribution >= 4 is 34.9 Å². The second-order valence-electron chi connectivity index (χ2n) is 5.70. The predicted molar refractivity (Wildman–Crippen MR) is 93.6 cm³/mol. The van der Waals surface area contributed by atoms with Gasteiger partial charge in [-0.15, -0.1) is 0 Å². The molecule has 23 heavy (non-hydrogen) atoms. The lowest BCUT2D eigenvalue weighted by molar-refractivity contribution is 0.207. The predicted octanol–water partition coefficient (Wildman–Crippen LogP) is 4.51. The van der Waals surface area contributed by atoms with E-state index in [-0.39, 0.29) is 11.9 Å². The molecule has 4 nitrogen and oxygen atoms in total. The van der Waals surface area contributed by atoms with Crippen LogP contribution in [0.5, 0.6) is 0 Å². The zero-order chi connectivity index (χ0) is 16.4. The molecule has 1 aliphatic heterocycles. The number of halogens is 2. The monoisotopic (exact) mass is 349 g/mol. The second kappa shape index (κ2) is 6.77. The summed E-state index contributed by atoms with van der Waals surface area (Å²) in [5.41, 5.74) is 2.75. The van der Waals surface area contributed by atoms with Gasteiger partial charge in [0.15, 0.2) is 0 Å². The fourth-order valence-corrected chi connectivity index (χ4v) is 3.04. The second-order valence-corrected chi connectivity index (χ2v) is 6.62. The van der Waals surface area contributed by atoms with E-state index in [9.17, 15) is 4.79 Å². The number of rotatable bonds is 2. The molecule has 2 amide bonds. The van der Waals surface area contributed by atoms with Gasteiger partial charge >= 0.3 is 6.03 Å². The van der Waals surface area contributed by atoms with Crippen molar-refractivity contribution in [2.24, 2.45) is 11.0 Å². The minimum atomic E-state index is -0.210. The Morgan fingerprint density at radius 2 is 2.00 bits per heavy atom. The highest BCUT2D eigenvalue weighted by Crippen LogP contribution is 2.25. The van der Waals surface area contributed by atoms with E-state index in [1.165, 1.54) is 5.01 Å². The quantitative estimate of drug-likeness (QED) is 0.838. The number of urea groups is 1. The average molecular weight is 350 g/mol. The van der Waals surface area contributed by atoms with Gasteiger partial charge in [0.25, 0.3) is 0 Å². The number of nitrogens with zero attached hydrogens (tertiary/aromatic N) is 2. The van der Waals surface area contributed by atoms with Crippen molar-refractivity contribution in [3.63, 3.8) is 0 Å². The topological polar surface area (TPSA) is 44.7 Å². The Hall–Kier alpha value is -1.78. The Morgan fingerprint density at radius 1 is 1.26 bits per heavy atom. The molecule has 0 radical (unpaired) electrons. The molecule has 1 N–H and O–H groups in total. The lowest BCUT2D eigenvalue weighted by Gasteiger charge is -2.21. The first-order chi connectivity index (χ1) is 11.0. The molecule has 1 aliphatic carbocycles. The van der Waals surface area contributed by atoms with Crippen LogP contribution in [0.1, 0.15) is 25.3 Å². The molecule has 1 aromatic rings. The summed E-state index contributed by atoms with van der Waals surface area (Å²) >= 11 is 11.9. The Bertz CT molecular complexity index is 707. The van der Waals surface area contributed by atoms with E-state index in [2.05, 4.69) is 10.4 Å². The first-order valence-corrected chi connectivity index (χ1v) is 8.26. The van der Waals surface area contributed by atoms with Gasteiger partial charge < -0.3 is 5.32 Å². The van der Waals surface area contributed by atoms with Crippen molar-refractivity contribution in [3.05, 3.63) is 57.7 Å². The third-order valence-electron chi connectivity index (χ3n) is 3.94. The summed E-state index contributed by atoms with van der Waals surface area (Å²) in [4.78, 5) is 12.4. The van der Waals surface area contributed by atoms with Crippen LogP contribution in [0.3, 0.4) is 0 Å². The van der Waals surface area contributed by atoms with Gasteiger partial charge in [-0.3, -0.25) is 0 Å². The number of hydrazone groups is 1. The number of carbonyl (C=O) groups excluding carboxylic acids is 1. The minimum absolute atomic E-state index is 0.193. The summed E-state index contributed by atoms with van der Waals surface area (Å²) in [5, 5.41) is 10.3. The lowest BCUT2D eigenvalue weighted by atomic mass is 9.99. The number of benzene rings is 1. The summed E-state index contributed by atoms with van der Waals surface area (Å²) in [5.74, 6) is 0.193. The van der Waals surface area contributed by atoms with Crippen molar-refractivity contribution in [2.45, 2.75) is 19.8 Å². The van der Waals surface area contributed by atoms with Gasteiger partial charge in [0.2, 0.25) is 0 Å². The first-order valence-electron chi connectivity index (χ1n) is 7.51. The maximum Gasteiger partial charge on any atom is 0.342 e. The van der Waals surface area contributed by atoms with Crippen LogP contribution in [0.15, 0.2) is 52.2 Å². The standard InChI is InChI=1S/C17H17Cl2N3O/c1-11-10-14(19)6-7-15(11)20-17(23)22-9-8-16(21-22)12-2-4-13(18)5-3-12/h2-7,11H,8-10H2,1H3,(H,20,23). The molecule has 0 spiro atoms. The zero-order valence-corrected chi connectivity index (χ0v) is 14.2. The van der Waals surface area contributed by atoms with Crippen LogP contribution in [-0.2, 0) is 0 Å². The maximum absolute atomic E-state index is 12.4. The van der Waals surface area contributed by atoms with Gasteiger partial charge in [-0.25, -0.2) is 9.80 Å². The van der Waals surface area contributed by atoms with E-state index in [4.69, 9.17) is 23.2 Å². The van der Waals surface area contributed by atoms with Gasteiger partial charge in [-0.05, 0) is 36.3 Å². The molecule has 0 bridgehead atoms. The normalized spacial score (nSPS) is 20.7. The molecular weight excluding hydrogens is 333 g/mol. The number of amides is 2. The summed E-state index contributed by atoms with van der Waals surface area (Å²) in [6.07, 6.45) is 5.15. The molecule has 0 fully saturated rings. The molecule has 1 unspecified atom stereocenters. The molecule has 1 heterocycles. The van der Waals surface area contributed by atoms with Crippen molar-refractivity contribution in [1.82, 2.24) is 10.3 Å². The van der Waals surface area contributed by atoms with Crippen molar-refractivity contribution in [1.29, 1.82) is 0 Å². The fourth-order valence-electron chi connectivity index (χ4n) is 2.62. The van der Waals surface area contributed by atoms with Crippen LogP contribution in [-0.4, -0.2) is 23.3 Å². The Balaban J connectivity index is 1.68. The Kier molecular flexibility index (Phi) is 4.74. The number of allylic oxidation sites excluding steroid dienone is 4. The van der Waals surface area contributed by atoms with Crippen LogP contribution < -0.4 is 5.32 Å². The molecule has 0 saturated carbocycles. The third kappa shape index (κ3) is 3.77. The highest BCUT2D eigenvalue weighted by molar-refractivity contribution is 6.30. The summed E-state index contributed by atoms with van der Waals surface area (Å²) in [6.45, 7) is 2.61. The van der Waals surface area contributed by atoms with Gasteiger partial charge in [0, 0.05) is 28.1 Å². The van der Waals surface area contributed by atoms with Crippen molar-refractivity contribution in [2.75, 3.05) is 6.54 Å². The van der Waals surface area contributed by atoms with Crippen molar-refractivity contribution in [3.8, 4) is 0 Å². The molecule has 1 aromatic carbocycles. The molecule has 1 atom stereocenters. The summed E-state index contributed by atoms with van der Waals surface area (Å²) in [6, 6.07) is 7.28. The van der Waals surface area contributed by atoms with Crippen LogP contribution in [0.2, 0.25) is 5.02 Å². The zero-order valence-electron chi connectivity index (χ0n) is 12.7. The molecular formula is C17H17Cl2N3O. The number of hydrogen-bond donors (Lipinski definition) is 1. The van der Waals surface area contributed by atoms with E-state index in [0.29, 0.717) is 11.6 Å². The van der Waals surface area contributed by atoms with Gasteiger partial charge in [0.05, 0.1) is 12.3 Å². The van der Waals surface area contributed by atoms with Crippen LogP contribution in [0, 0.1) is 5.92 Å². The highest BCUT2D eigenvalue weighted by Gasteiger charge is 2.24. The third-order valence-corrected chi connectivity index (χ3v) is 4.47. The van der Waals surface area contributed by atoms with E-state index in [1.54, 1.807) is 0 Å². The lowest BCUT2D eigenvalue weighted by Crippen LogP contribution is -2.36. The van der Waals surface area contributed by atoms with Gasteiger partial charge in [0.1, 0.15) is 0 Å². The van der Waals surface area contributed by atoms with Crippen LogP contribution in [0.4, 0.5) is 4.79 Å². The minimum Gasteiger partial charge on any atom is -0.310 e. The first kappa shape index (κ1) is 16.1. The SMILES string of the molecule is CC1CC(Cl)=CC=C1NC(=O)N1CCC(c2ccc(Cl)cc2)=N1. The maximum atomic E-state index is 12.4. The molecule has 0 aromatic heterocycles. The molecule has 0 saturated heterocycles. The Morgan fingerprint density at radius 3 is 2.70 bits per heavy atom. The largest absolute Gasteiger partial charge is 0.342 e. The van der Waals surface area contributed by atoms with E-state index < -0.39 is 0 Å². The molecule has 120 valence electrons. The summed E-state index contributed by atoms with van der Waals surface area (Å²) < 4.78 is 0. The van der Waals surface area contributed by atoms with E-state index >= 15 is 0 Å². The molecule has 6 heteroatoms. The summed E-state index contributed by atoms with van der Waals surface area (Å²) in [7, 11) is 0. The van der Waals surface area contributed by atoms with E-state index in [0.717, 1.165) is 34.8 Å². The number of hydrogen-bond acceptors (Lipinski definition) is 2. The average Bonchev–Trinajstić information content (AvgIpc) is 3.01. The number of carbonyl (C=O) groups is 1. The number of nitrogens with one attached hydrogen (secondary N) is 1.